The second-order valence-corrected chi connectivity index (χ2v) is 5.15. The van der Waals surface area contributed by atoms with Gasteiger partial charge >= 0.3 is 0 Å². The van der Waals surface area contributed by atoms with Crippen LogP contribution in [0.4, 0.5) is 5.69 Å². The fourth-order valence-electron chi connectivity index (χ4n) is 3.05. The van der Waals surface area contributed by atoms with Crippen molar-refractivity contribution < 1.29 is 4.79 Å². The highest BCUT2D eigenvalue weighted by molar-refractivity contribution is 6.03. The summed E-state index contributed by atoms with van der Waals surface area (Å²) >= 11 is 0. The summed E-state index contributed by atoms with van der Waals surface area (Å²) < 4.78 is 0. The molecule has 1 unspecified atom stereocenters. The minimum absolute atomic E-state index is 0.0766. The number of rotatable bonds is 1. The first kappa shape index (κ1) is 10.8. The average molecular weight is 230 g/mol. The van der Waals surface area contributed by atoms with Gasteiger partial charge in [-0.25, -0.2) is 0 Å². The molecule has 0 radical (unpaired) electrons. The molecule has 0 aliphatic carbocycles. The van der Waals surface area contributed by atoms with E-state index in [-0.39, 0.29) is 11.8 Å². The van der Waals surface area contributed by atoms with Crippen LogP contribution < -0.4 is 10.6 Å². The average Bonchev–Trinajstić information content (AvgIpc) is 2.65. The Morgan fingerprint density at radius 2 is 2.00 bits per heavy atom. The van der Waals surface area contributed by atoms with Gasteiger partial charge in [-0.15, -0.1) is 0 Å². The molecule has 3 rings (SSSR count). The van der Waals surface area contributed by atoms with Crippen LogP contribution in [0.1, 0.15) is 29.9 Å². The van der Waals surface area contributed by atoms with Crippen molar-refractivity contribution in [1.29, 1.82) is 0 Å². The first-order valence-electron chi connectivity index (χ1n) is 6.38. The molecule has 1 fully saturated rings. The van der Waals surface area contributed by atoms with Crippen molar-refractivity contribution in [3.63, 3.8) is 0 Å². The maximum atomic E-state index is 12.1. The van der Waals surface area contributed by atoms with Gasteiger partial charge in [-0.1, -0.05) is 12.1 Å². The zero-order valence-corrected chi connectivity index (χ0v) is 10.1. The van der Waals surface area contributed by atoms with Crippen molar-refractivity contribution in [2.75, 3.05) is 18.4 Å². The monoisotopic (exact) mass is 230 g/mol. The molecule has 1 saturated heterocycles. The van der Waals surface area contributed by atoms with Crippen LogP contribution >= 0.6 is 0 Å². The number of carbonyl (C=O) groups excluding carboxylic acids is 1. The number of hydrogen-bond donors (Lipinski definition) is 2. The van der Waals surface area contributed by atoms with Gasteiger partial charge in [-0.3, -0.25) is 4.79 Å². The van der Waals surface area contributed by atoms with E-state index in [1.165, 1.54) is 11.1 Å². The van der Waals surface area contributed by atoms with E-state index in [0.29, 0.717) is 5.92 Å². The van der Waals surface area contributed by atoms with Gasteiger partial charge in [0.25, 0.3) is 0 Å². The molecular formula is C14H18N2O. The fraction of sp³-hybridized carbons (Fsp3) is 0.500. The van der Waals surface area contributed by atoms with E-state index in [0.717, 1.165) is 31.6 Å². The van der Waals surface area contributed by atoms with Crippen molar-refractivity contribution in [1.82, 2.24) is 5.32 Å². The normalized spacial score (nSPS) is 24.5. The summed E-state index contributed by atoms with van der Waals surface area (Å²) in [6.07, 6.45) is 2.21. The third kappa shape index (κ3) is 1.84. The van der Waals surface area contributed by atoms with Gasteiger partial charge in [0.1, 0.15) is 0 Å². The lowest BCUT2D eigenvalue weighted by Crippen LogP contribution is -2.33. The van der Waals surface area contributed by atoms with Crippen molar-refractivity contribution >= 4 is 11.6 Å². The largest absolute Gasteiger partial charge is 0.325 e. The molecule has 90 valence electrons. The lowest BCUT2D eigenvalue weighted by Gasteiger charge is -2.26. The van der Waals surface area contributed by atoms with E-state index in [9.17, 15) is 4.79 Å². The van der Waals surface area contributed by atoms with Crippen molar-refractivity contribution in [2.45, 2.75) is 25.7 Å². The molecule has 1 aromatic rings. The van der Waals surface area contributed by atoms with Gasteiger partial charge in [-0.2, -0.15) is 0 Å². The molecule has 0 spiro atoms. The third-order valence-electron chi connectivity index (χ3n) is 3.94. The van der Waals surface area contributed by atoms with Crippen molar-refractivity contribution in [2.24, 2.45) is 5.92 Å². The van der Waals surface area contributed by atoms with Gasteiger partial charge in [-0.05, 0) is 56.0 Å². The fourth-order valence-corrected chi connectivity index (χ4v) is 3.05. The van der Waals surface area contributed by atoms with E-state index < -0.39 is 0 Å². The number of carbonyl (C=O) groups is 1. The number of piperidine rings is 1. The molecule has 1 atom stereocenters. The first-order valence-corrected chi connectivity index (χ1v) is 6.38. The standard InChI is InChI=1S/C14H18N2O/c1-9-2-3-11-12(8-9)16-14(17)13(11)10-4-6-15-7-5-10/h2-3,8,10,13,15H,4-7H2,1H3,(H,16,17). The summed E-state index contributed by atoms with van der Waals surface area (Å²) in [5, 5.41) is 6.38. The molecule has 17 heavy (non-hydrogen) atoms. The lowest BCUT2D eigenvalue weighted by atomic mass is 9.81. The van der Waals surface area contributed by atoms with E-state index in [4.69, 9.17) is 0 Å². The lowest BCUT2D eigenvalue weighted by molar-refractivity contribution is -0.118. The van der Waals surface area contributed by atoms with E-state index in [2.05, 4.69) is 35.8 Å². The molecule has 2 aliphatic heterocycles. The van der Waals surface area contributed by atoms with Crippen LogP contribution in [0.15, 0.2) is 18.2 Å². The van der Waals surface area contributed by atoms with Crippen LogP contribution in [-0.2, 0) is 4.79 Å². The molecular weight excluding hydrogens is 212 g/mol. The maximum absolute atomic E-state index is 12.1. The van der Waals surface area contributed by atoms with Gasteiger partial charge in [0, 0.05) is 5.69 Å². The number of anilines is 1. The summed E-state index contributed by atoms with van der Waals surface area (Å²) in [6, 6.07) is 6.30. The quantitative estimate of drug-likeness (QED) is 0.775. The second kappa shape index (κ2) is 4.15. The number of amides is 1. The second-order valence-electron chi connectivity index (χ2n) is 5.15. The van der Waals surface area contributed by atoms with Gasteiger partial charge in [0.05, 0.1) is 5.92 Å². The van der Waals surface area contributed by atoms with E-state index in [1.54, 1.807) is 0 Å². The number of hydrogen-bond acceptors (Lipinski definition) is 2. The summed E-state index contributed by atoms with van der Waals surface area (Å²) in [5.41, 5.74) is 3.43. The van der Waals surface area contributed by atoms with Crippen molar-refractivity contribution in [3.05, 3.63) is 29.3 Å². The highest BCUT2D eigenvalue weighted by Gasteiger charge is 2.36. The smallest absolute Gasteiger partial charge is 0.232 e. The first-order chi connectivity index (χ1) is 8.25. The number of benzene rings is 1. The van der Waals surface area contributed by atoms with Crippen LogP contribution in [0.2, 0.25) is 0 Å². The molecule has 2 aliphatic rings. The number of nitrogens with one attached hydrogen (secondary N) is 2. The Morgan fingerprint density at radius 3 is 2.76 bits per heavy atom. The minimum Gasteiger partial charge on any atom is -0.325 e. The summed E-state index contributed by atoms with van der Waals surface area (Å²) in [6.45, 7) is 4.13. The predicted molar refractivity (Wildman–Crippen MR) is 68.1 cm³/mol. The highest BCUT2D eigenvalue weighted by Crippen LogP contribution is 2.40. The highest BCUT2D eigenvalue weighted by atomic mass is 16.2. The number of fused-ring (bicyclic) bond motifs is 1. The van der Waals surface area contributed by atoms with Crippen molar-refractivity contribution in [3.8, 4) is 0 Å². The maximum Gasteiger partial charge on any atom is 0.232 e. The number of aryl methyl sites for hydroxylation is 1. The Kier molecular flexibility index (Phi) is 2.63. The Morgan fingerprint density at radius 1 is 1.24 bits per heavy atom. The molecule has 0 bridgehead atoms. The van der Waals surface area contributed by atoms with Crippen LogP contribution in [0, 0.1) is 12.8 Å². The Balaban J connectivity index is 1.93. The topological polar surface area (TPSA) is 41.1 Å². The van der Waals surface area contributed by atoms with Crippen LogP contribution in [0.25, 0.3) is 0 Å². The Hall–Kier alpha value is -1.35. The van der Waals surface area contributed by atoms with Crippen LogP contribution in [-0.4, -0.2) is 19.0 Å². The molecule has 2 heterocycles. The molecule has 0 aromatic heterocycles. The Bertz CT molecular complexity index is 450. The molecule has 3 heteroatoms. The zero-order chi connectivity index (χ0) is 11.8. The van der Waals surface area contributed by atoms with Gasteiger partial charge in [0.15, 0.2) is 0 Å². The predicted octanol–water partition coefficient (Wildman–Crippen LogP) is 2.03. The molecule has 1 amide bonds. The van der Waals surface area contributed by atoms with Crippen LogP contribution in [0.3, 0.4) is 0 Å². The van der Waals surface area contributed by atoms with Crippen LogP contribution in [0.5, 0.6) is 0 Å². The van der Waals surface area contributed by atoms with E-state index in [1.807, 2.05) is 0 Å². The molecule has 2 N–H and O–H groups in total. The van der Waals surface area contributed by atoms with Gasteiger partial charge < -0.3 is 10.6 Å². The zero-order valence-electron chi connectivity index (χ0n) is 10.1. The summed E-state index contributed by atoms with van der Waals surface area (Å²) in [4.78, 5) is 12.1. The van der Waals surface area contributed by atoms with E-state index >= 15 is 0 Å². The Labute approximate surface area is 102 Å². The summed E-state index contributed by atoms with van der Waals surface area (Å²) in [5.74, 6) is 0.769. The molecule has 3 nitrogen and oxygen atoms in total. The third-order valence-corrected chi connectivity index (χ3v) is 3.94. The molecule has 0 saturated carbocycles. The SMILES string of the molecule is Cc1ccc2c(c1)NC(=O)C2C1CCNCC1. The molecule has 1 aromatic carbocycles. The van der Waals surface area contributed by atoms with Gasteiger partial charge in [0.2, 0.25) is 5.91 Å². The minimum atomic E-state index is 0.0766. The summed E-state index contributed by atoms with van der Waals surface area (Å²) in [7, 11) is 0.